The van der Waals surface area contributed by atoms with Crippen molar-refractivity contribution in [3.63, 3.8) is 0 Å². The molecule has 0 saturated carbocycles. The van der Waals surface area contributed by atoms with Gasteiger partial charge in [0.25, 0.3) is 0 Å². The maximum absolute atomic E-state index is 13.2. The molecule has 8 heteroatoms. The smallest absolute Gasteiger partial charge is 0.223 e. The molecule has 1 amide bonds. The summed E-state index contributed by atoms with van der Waals surface area (Å²) < 4.78 is 0.957. The molecule has 2 aromatic rings. The number of hydrogen-bond acceptors (Lipinski definition) is 7. The van der Waals surface area contributed by atoms with E-state index >= 15 is 0 Å². The number of nitrogens with zero attached hydrogens (tertiary/aromatic N) is 1. The van der Waals surface area contributed by atoms with E-state index in [1.807, 2.05) is 50.3 Å². The molecular weight excluding hydrogens is 476 g/mol. The van der Waals surface area contributed by atoms with Crippen LogP contribution in [0.1, 0.15) is 70.5 Å². The van der Waals surface area contributed by atoms with Crippen LogP contribution in [0, 0.1) is 17.3 Å². The summed E-state index contributed by atoms with van der Waals surface area (Å²) in [5.74, 6) is -1.44. The van der Waals surface area contributed by atoms with Crippen molar-refractivity contribution < 1.29 is 24.9 Å². The van der Waals surface area contributed by atoms with Crippen molar-refractivity contribution in [2.75, 3.05) is 0 Å². The van der Waals surface area contributed by atoms with E-state index in [4.69, 9.17) is 0 Å². The third-order valence-electron chi connectivity index (χ3n) is 7.25. The number of thiazole rings is 1. The van der Waals surface area contributed by atoms with E-state index in [0.29, 0.717) is 17.8 Å². The molecule has 0 saturated heterocycles. The Bertz CT molecular complexity index is 1150. The van der Waals surface area contributed by atoms with Crippen LogP contribution in [-0.4, -0.2) is 44.2 Å². The lowest BCUT2D eigenvalue weighted by atomic mass is 9.73. The third kappa shape index (κ3) is 6.48. The number of benzene rings is 1. The molecule has 7 nitrogen and oxygen atoms in total. The van der Waals surface area contributed by atoms with E-state index in [-0.39, 0.29) is 36.7 Å². The average Bonchev–Trinajstić information content (AvgIpc) is 3.26. The Morgan fingerprint density at radius 3 is 2.58 bits per heavy atom. The molecule has 0 bridgehead atoms. The van der Waals surface area contributed by atoms with Crippen LogP contribution >= 0.6 is 11.3 Å². The number of rotatable bonds is 2. The van der Waals surface area contributed by atoms with Gasteiger partial charge >= 0.3 is 0 Å². The van der Waals surface area contributed by atoms with Crippen LogP contribution < -0.4 is 5.32 Å². The predicted molar refractivity (Wildman–Crippen MR) is 142 cm³/mol. The Kier molecular flexibility index (Phi) is 9.22. The van der Waals surface area contributed by atoms with Crippen LogP contribution in [0.25, 0.3) is 10.2 Å². The predicted octanol–water partition coefficient (Wildman–Crippen LogP) is 4.22. The van der Waals surface area contributed by atoms with Gasteiger partial charge in [-0.05, 0) is 43.4 Å². The summed E-state index contributed by atoms with van der Waals surface area (Å²) in [5, 5.41) is 34.8. The first kappa shape index (κ1) is 28.2. The van der Waals surface area contributed by atoms with Gasteiger partial charge in [-0.3, -0.25) is 9.59 Å². The number of fused-ring (bicyclic) bond motifs is 1. The zero-order valence-corrected chi connectivity index (χ0v) is 22.5. The second-order valence-electron chi connectivity index (χ2n) is 10.5. The monoisotopic (exact) mass is 514 g/mol. The van der Waals surface area contributed by atoms with Gasteiger partial charge in [0.15, 0.2) is 0 Å². The van der Waals surface area contributed by atoms with E-state index in [1.54, 1.807) is 20.8 Å². The van der Waals surface area contributed by atoms with Crippen molar-refractivity contribution >= 4 is 33.2 Å². The zero-order chi connectivity index (χ0) is 26.6. The Hall–Kier alpha value is -2.39. The minimum Gasteiger partial charge on any atom is -0.392 e. The van der Waals surface area contributed by atoms with E-state index in [1.165, 1.54) is 11.3 Å². The summed E-state index contributed by atoms with van der Waals surface area (Å²) >= 11 is 1.43. The number of hydrogen-bond donors (Lipinski definition) is 4. The number of nitrogens with one attached hydrogen (secondary N) is 1. The number of ketones is 1. The van der Waals surface area contributed by atoms with Crippen molar-refractivity contribution in [2.45, 2.75) is 78.7 Å². The van der Waals surface area contributed by atoms with Gasteiger partial charge in [0.05, 0.1) is 46.9 Å². The van der Waals surface area contributed by atoms with Gasteiger partial charge in [0.1, 0.15) is 10.8 Å². The highest BCUT2D eigenvalue weighted by atomic mass is 32.1. The van der Waals surface area contributed by atoms with Crippen LogP contribution in [0.4, 0.5) is 0 Å². The molecule has 1 aromatic heterocycles. The molecule has 0 spiro atoms. The lowest BCUT2D eigenvalue weighted by Crippen LogP contribution is -2.46. The number of Topliss-reactive ketones (excluding diaryl/α,β-unsaturated/α-hetero) is 1. The molecule has 4 N–H and O–H groups in total. The number of allylic oxidation sites excluding steroid dienone is 3. The summed E-state index contributed by atoms with van der Waals surface area (Å²) in [6, 6.07) is 5.44. The first-order valence-corrected chi connectivity index (χ1v) is 13.3. The number of carbonyl (C=O) groups excluding carboxylic acids is 2. The number of amides is 1. The molecule has 2 heterocycles. The molecule has 0 fully saturated rings. The van der Waals surface area contributed by atoms with Gasteiger partial charge < -0.3 is 20.6 Å². The molecule has 3 rings (SSSR count). The van der Waals surface area contributed by atoms with Gasteiger partial charge in [-0.1, -0.05) is 57.6 Å². The quantitative estimate of drug-likeness (QED) is 0.476. The Labute approximate surface area is 217 Å². The summed E-state index contributed by atoms with van der Waals surface area (Å²) in [6.07, 6.45) is 4.89. The van der Waals surface area contributed by atoms with E-state index in [2.05, 4.69) is 10.3 Å². The van der Waals surface area contributed by atoms with Gasteiger partial charge in [-0.2, -0.15) is 0 Å². The summed E-state index contributed by atoms with van der Waals surface area (Å²) in [6.45, 7) is 8.71. The maximum atomic E-state index is 13.2. The normalized spacial score (nSPS) is 28.7. The van der Waals surface area contributed by atoms with E-state index < -0.39 is 23.5 Å². The highest BCUT2D eigenvalue weighted by Crippen LogP contribution is 2.32. The Morgan fingerprint density at radius 1 is 1.17 bits per heavy atom. The van der Waals surface area contributed by atoms with E-state index in [0.717, 1.165) is 21.4 Å². The SMILES string of the molecule is CC1=CC[C@@H](c2ccc3sc(CO)nc3c2)NC(=O)C[C@H](O)C(C)(C)C(=O)[C@H](C)C(O)[C@@H](C)CC=C1. The largest absolute Gasteiger partial charge is 0.392 e. The molecule has 196 valence electrons. The van der Waals surface area contributed by atoms with Crippen LogP contribution in [0.5, 0.6) is 0 Å². The highest BCUT2D eigenvalue weighted by Gasteiger charge is 2.42. The fourth-order valence-electron chi connectivity index (χ4n) is 4.62. The number of carbonyl (C=O) groups is 2. The van der Waals surface area contributed by atoms with Crippen molar-refractivity contribution in [2.24, 2.45) is 17.3 Å². The zero-order valence-electron chi connectivity index (χ0n) is 21.7. The molecule has 1 unspecified atom stereocenters. The summed E-state index contributed by atoms with van der Waals surface area (Å²) in [4.78, 5) is 30.7. The van der Waals surface area contributed by atoms with Crippen LogP contribution in [-0.2, 0) is 16.2 Å². The van der Waals surface area contributed by atoms with Gasteiger partial charge in [-0.15, -0.1) is 11.3 Å². The number of aliphatic hydroxyl groups excluding tert-OH is 3. The van der Waals surface area contributed by atoms with Crippen LogP contribution in [0.3, 0.4) is 0 Å². The summed E-state index contributed by atoms with van der Waals surface area (Å²) in [5.41, 5.74) is 1.45. The molecule has 0 aliphatic carbocycles. The minimum absolute atomic E-state index is 0.121. The molecule has 1 aromatic carbocycles. The van der Waals surface area contributed by atoms with Crippen molar-refractivity contribution in [1.29, 1.82) is 0 Å². The van der Waals surface area contributed by atoms with Crippen molar-refractivity contribution in [3.8, 4) is 0 Å². The third-order valence-corrected chi connectivity index (χ3v) is 8.27. The van der Waals surface area contributed by atoms with E-state index in [9.17, 15) is 24.9 Å². The summed E-state index contributed by atoms with van der Waals surface area (Å²) in [7, 11) is 0. The molecule has 1 aliphatic heterocycles. The lowest BCUT2D eigenvalue weighted by Gasteiger charge is -2.34. The topological polar surface area (TPSA) is 120 Å². The second kappa shape index (κ2) is 11.8. The molecular formula is C28H38N2O5S. The van der Waals surface area contributed by atoms with Gasteiger partial charge in [0, 0.05) is 5.92 Å². The van der Waals surface area contributed by atoms with Crippen LogP contribution in [0.2, 0.25) is 0 Å². The van der Waals surface area contributed by atoms with Gasteiger partial charge in [0.2, 0.25) is 5.91 Å². The van der Waals surface area contributed by atoms with Crippen molar-refractivity contribution in [3.05, 3.63) is 52.6 Å². The maximum Gasteiger partial charge on any atom is 0.223 e. The fraction of sp³-hybridized carbons (Fsp3) is 0.536. The Morgan fingerprint density at radius 2 is 1.89 bits per heavy atom. The lowest BCUT2D eigenvalue weighted by molar-refractivity contribution is -0.143. The van der Waals surface area contributed by atoms with Gasteiger partial charge in [-0.25, -0.2) is 4.98 Å². The standard InChI is InChI=1S/C28H38N2O5S/c1-16-7-6-8-17(2)26(34)18(3)27(35)28(4,5)23(32)14-24(33)29-20(11-9-16)19-10-12-22-21(13-19)30-25(15-31)36-22/h6-7,9-10,12-13,17-18,20,23,26,31-32,34H,8,11,14-15H2,1-5H3,(H,29,33)/t17-,18+,20-,23-,26?/m0/s1. The van der Waals surface area contributed by atoms with Crippen LogP contribution in [0.15, 0.2) is 42.0 Å². The van der Waals surface area contributed by atoms with Crippen molar-refractivity contribution in [1.82, 2.24) is 10.3 Å². The number of aromatic nitrogens is 1. The fourth-order valence-corrected chi connectivity index (χ4v) is 5.43. The average molecular weight is 515 g/mol. The first-order valence-electron chi connectivity index (χ1n) is 12.5. The molecule has 36 heavy (non-hydrogen) atoms. The minimum atomic E-state index is -1.20. The first-order chi connectivity index (χ1) is 16.9. The Balaban J connectivity index is 1.95. The molecule has 5 atom stereocenters. The highest BCUT2D eigenvalue weighted by molar-refractivity contribution is 7.18. The number of aliphatic hydroxyl groups is 3. The molecule has 1 aliphatic rings. The second-order valence-corrected chi connectivity index (χ2v) is 11.6. The molecule has 0 radical (unpaired) electrons.